The zero-order chi connectivity index (χ0) is 17.1. The first-order valence-corrected chi connectivity index (χ1v) is 9.03. The molecule has 2 aromatic heterocycles. The summed E-state index contributed by atoms with van der Waals surface area (Å²) in [4.78, 5) is 20.0. The third-order valence-corrected chi connectivity index (χ3v) is 4.86. The number of rotatable bonds is 5. The van der Waals surface area contributed by atoms with E-state index < -0.39 is 0 Å². The number of aromatic amines is 1. The molecule has 2 aromatic carbocycles. The van der Waals surface area contributed by atoms with Gasteiger partial charge in [0.2, 0.25) is 5.91 Å². The van der Waals surface area contributed by atoms with E-state index in [-0.39, 0.29) is 5.91 Å². The number of thiazole rings is 1. The molecule has 0 bridgehead atoms. The number of nitrogens with one attached hydrogen (secondary N) is 2. The molecule has 0 atom stereocenters. The van der Waals surface area contributed by atoms with Crippen LogP contribution in [0.2, 0.25) is 0 Å². The van der Waals surface area contributed by atoms with Gasteiger partial charge in [0.15, 0.2) is 5.13 Å². The van der Waals surface area contributed by atoms with Gasteiger partial charge in [0, 0.05) is 34.5 Å². The lowest BCUT2D eigenvalue weighted by Crippen LogP contribution is -2.12. The van der Waals surface area contributed by atoms with Gasteiger partial charge in [-0.05, 0) is 18.1 Å². The third kappa shape index (κ3) is 3.46. The molecule has 0 aliphatic carbocycles. The van der Waals surface area contributed by atoms with E-state index in [4.69, 9.17) is 0 Å². The molecule has 4 nitrogen and oxygen atoms in total. The third-order valence-electron chi connectivity index (χ3n) is 4.10. The molecule has 124 valence electrons. The van der Waals surface area contributed by atoms with Crippen molar-refractivity contribution in [1.82, 2.24) is 9.97 Å². The minimum absolute atomic E-state index is 0.0105. The first-order chi connectivity index (χ1) is 12.3. The number of carbonyl (C=O) groups excluding carboxylic acids is 1. The maximum Gasteiger partial charge on any atom is 0.226 e. The van der Waals surface area contributed by atoms with Crippen molar-refractivity contribution in [2.75, 3.05) is 5.32 Å². The molecule has 0 aliphatic heterocycles. The highest BCUT2D eigenvalue weighted by molar-refractivity contribution is 7.14. The normalized spacial score (nSPS) is 10.9. The van der Waals surface area contributed by atoms with Crippen molar-refractivity contribution in [2.24, 2.45) is 0 Å². The van der Waals surface area contributed by atoms with Crippen LogP contribution in [-0.4, -0.2) is 15.9 Å². The van der Waals surface area contributed by atoms with Crippen LogP contribution in [-0.2, 0) is 11.2 Å². The van der Waals surface area contributed by atoms with Crippen molar-refractivity contribution in [3.63, 3.8) is 0 Å². The molecule has 4 aromatic rings. The van der Waals surface area contributed by atoms with Gasteiger partial charge in [-0.1, -0.05) is 48.5 Å². The van der Waals surface area contributed by atoms with Gasteiger partial charge in [-0.2, -0.15) is 0 Å². The number of aromatic nitrogens is 2. The Morgan fingerprint density at radius 3 is 2.76 bits per heavy atom. The lowest BCUT2D eigenvalue weighted by Gasteiger charge is -2.02. The molecule has 0 unspecified atom stereocenters. The van der Waals surface area contributed by atoms with Crippen molar-refractivity contribution in [1.29, 1.82) is 0 Å². The second-order valence-corrected chi connectivity index (χ2v) is 6.68. The number of benzene rings is 2. The van der Waals surface area contributed by atoms with Crippen LogP contribution in [0.3, 0.4) is 0 Å². The van der Waals surface area contributed by atoms with Crippen LogP contribution < -0.4 is 5.32 Å². The predicted octanol–water partition coefficient (Wildman–Crippen LogP) is 4.86. The van der Waals surface area contributed by atoms with Crippen molar-refractivity contribution in [2.45, 2.75) is 12.8 Å². The molecule has 0 aliphatic rings. The van der Waals surface area contributed by atoms with Gasteiger partial charge >= 0.3 is 0 Å². The highest BCUT2D eigenvalue weighted by Crippen LogP contribution is 2.30. The Bertz CT molecular complexity index is 1000. The number of fused-ring (bicyclic) bond motifs is 1. The van der Waals surface area contributed by atoms with E-state index in [9.17, 15) is 4.79 Å². The first-order valence-electron chi connectivity index (χ1n) is 8.15. The minimum Gasteiger partial charge on any atom is -0.360 e. The highest BCUT2D eigenvalue weighted by atomic mass is 32.1. The Hall–Kier alpha value is -2.92. The molecule has 2 heterocycles. The Balaban J connectivity index is 1.44. The fraction of sp³-hybridized carbons (Fsp3) is 0.100. The van der Waals surface area contributed by atoms with E-state index in [1.54, 1.807) is 0 Å². The standard InChI is InChI=1S/C20H17N3OS/c24-19(11-10-14-6-2-1-3-7-14)23-20-22-18(13-25-20)16-12-21-17-9-5-4-8-15(16)17/h1-9,12-13,21H,10-11H2,(H,22,23,24). The highest BCUT2D eigenvalue weighted by Gasteiger charge is 2.11. The average Bonchev–Trinajstić information content (AvgIpc) is 3.27. The van der Waals surface area contributed by atoms with Crippen LogP contribution >= 0.6 is 11.3 Å². The Morgan fingerprint density at radius 1 is 1.08 bits per heavy atom. The number of hydrogen-bond acceptors (Lipinski definition) is 3. The summed E-state index contributed by atoms with van der Waals surface area (Å²) in [6, 6.07) is 18.1. The monoisotopic (exact) mass is 347 g/mol. The zero-order valence-corrected chi connectivity index (χ0v) is 14.3. The van der Waals surface area contributed by atoms with E-state index in [1.165, 1.54) is 11.3 Å². The van der Waals surface area contributed by atoms with Gasteiger partial charge in [0.25, 0.3) is 0 Å². The largest absolute Gasteiger partial charge is 0.360 e. The van der Waals surface area contributed by atoms with E-state index in [2.05, 4.69) is 21.4 Å². The molecular weight excluding hydrogens is 330 g/mol. The molecule has 0 saturated carbocycles. The molecule has 0 spiro atoms. The summed E-state index contributed by atoms with van der Waals surface area (Å²) in [5.41, 5.74) is 4.17. The summed E-state index contributed by atoms with van der Waals surface area (Å²) in [6.07, 6.45) is 3.14. The Kier molecular flexibility index (Phi) is 4.31. The maximum atomic E-state index is 12.1. The van der Waals surface area contributed by atoms with Crippen LogP contribution in [0.15, 0.2) is 66.2 Å². The van der Waals surface area contributed by atoms with Gasteiger partial charge < -0.3 is 10.3 Å². The molecule has 0 fully saturated rings. The minimum atomic E-state index is -0.0105. The van der Waals surface area contributed by atoms with E-state index >= 15 is 0 Å². The lowest BCUT2D eigenvalue weighted by atomic mass is 10.1. The maximum absolute atomic E-state index is 12.1. The van der Waals surface area contributed by atoms with Gasteiger partial charge in [-0.3, -0.25) is 4.79 Å². The molecule has 0 radical (unpaired) electrons. The number of para-hydroxylation sites is 1. The van der Waals surface area contributed by atoms with Crippen molar-refractivity contribution in [3.8, 4) is 11.3 Å². The van der Waals surface area contributed by atoms with Gasteiger partial charge in [0.1, 0.15) is 0 Å². The number of anilines is 1. The zero-order valence-electron chi connectivity index (χ0n) is 13.5. The number of aryl methyl sites for hydroxylation is 1. The van der Waals surface area contributed by atoms with Crippen LogP contribution in [0.5, 0.6) is 0 Å². The van der Waals surface area contributed by atoms with Gasteiger partial charge in [-0.15, -0.1) is 11.3 Å². The number of carbonyl (C=O) groups is 1. The fourth-order valence-electron chi connectivity index (χ4n) is 2.82. The van der Waals surface area contributed by atoms with Gasteiger partial charge in [-0.25, -0.2) is 4.98 Å². The van der Waals surface area contributed by atoms with Gasteiger partial charge in [0.05, 0.1) is 5.69 Å². The summed E-state index contributed by atoms with van der Waals surface area (Å²) in [6.45, 7) is 0. The number of H-pyrrole nitrogens is 1. The van der Waals surface area contributed by atoms with Crippen LogP contribution in [0.25, 0.3) is 22.2 Å². The molecule has 25 heavy (non-hydrogen) atoms. The van der Waals surface area contributed by atoms with E-state index in [0.29, 0.717) is 11.6 Å². The molecular formula is C20H17N3OS. The van der Waals surface area contributed by atoms with E-state index in [1.807, 2.05) is 60.1 Å². The molecule has 1 amide bonds. The Labute approximate surface area is 149 Å². The van der Waals surface area contributed by atoms with Crippen LogP contribution in [0.1, 0.15) is 12.0 Å². The fourth-order valence-corrected chi connectivity index (χ4v) is 3.55. The quantitative estimate of drug-likeness (QED) is 0.541. The molecule has 0 saturated heterocycles. The number of nitrogens with zero attached hydrogens (tertiary/aromatic N) is 1. The topological polar surface area (TPSA) is 57.8 Å². The lowest BCUT2D eigenvalue weighted by molar-refractivity contribution is -0.116. The van der Waals surface area contributed by atoms with Crippen molar-refractivity contribution < 1.29 is 4.79 Å². The number of hydrogen-bond donors (Lipinski definition) is 2. The summed E-state index contributed by atoms with van der Waals surface area (Å²) >= 11 is 1.45. The smallest absolute Gasteiger partial charge is 0.226 e. The average molecular weight is 347 g/mol. The van der Waals surface area contributed by atoms with Crippen molar-refractivity contribution in [3.05, 3.63) is 71.7 Å². The van der Waals surface area contributed by atoms with E-state index in [0.717, 1.165) is 34.1 Å². The molecule has 2 N–H and O–H groups in total. The SMILES string of the molecule is O=C(CCc1ccccc1)Nc1nc(-c2c[nH]c3ccccc23)cs1. The molecule has 4 rings (SSSR count). The van der Waals surface area contributed by atoms with Crippen LogP contribution in [0, 0.1) is 0 Å². The van der Waals surface area contributed by atoms with Crippen LogP contribution in [0.4, 0.5) is 5.13 Å². The summed E-state index contributed by atoms with van der Waals surface area (Å²) < 4.78 is 0. The number of amides is 1. The predicted molar refractivity (Wildman–Crippen MR) is 103 cm³/mol. The second kappa shape index (κ2) is 6.91. The Morgan fingerprint density at radius 2 is 1.88 bits per heavy atom. The summed E-state index contributed by atoms with van der Waals surface area (Å²) in [5.74, 6) is -0.0105. The second-order valence-electron chi connectivity index (χ2n) is 5.82. The van der Waals surface area contributed by atoms with Crippen molar-refractivity contribution >= 4 is 33.3 Å². The summed E-state index contributed by atoms with van der Waals surface area (Å²) in [5, 5.41) is 6.65. The molecule has 5 heteroatoms. The first kappa shape index (κ1) is 15.6. The summed E-state index contributed by atoms with van der Waals surface area (Å²) in [7, 11) is 0.